The maximum Gasteiger partial charge on any atom is 0.251 e. The zero-order valence-corrected chi connectivity index (χ0v) is 14.3. The lowest BCUT2D eigenvalue weighted by atomic mass is 9.99. The summed E-state index contributed by atoms with van der Waals surface area (Å²) in [5, 5.41) is 3.39. The number of thiophene rings is 1. The highest BCUT2D eigenvalue weighted by Crippen LogP contribution is 2.36. The van der Waals surface area contributed by atoms with Gasteiger partial charge >= 0.3 is 0 Å². The van der Waals surface area contributed by atoms with Crippen molar-refractivity contribution >= 4 is 28.2 Å². The molecule has 0 radical (unpaired) electrons. The van der Waals surface area contributed by atoms with Crippen LogP contribution in [0.4, 0.5) is 5.00 Å². The van der Waals surface area contributed by atoms with Gasteiger partial charge < -0.3 is 15.8 Å². The van der Waals surface area contributed by atoms with Crippen LogP contribution in [0.1, 0.15) is 30.1 Å². The minimum Gasteiger partial charge on any atom is -0.377 e. The summed E-state index contributed by atoms with van der Waals surface area (Å²) in [6, 6.07) is 11.4. The predicted molar refractivity (Wildman–Crippen MR) is 95.0 cm³/mol. The third-order valence-electron chi connectivity index (χ3n) is 4.24. The van der Waals surface area contributed by atoms with E-state index in [4.69, 9.17) is 10.5 Å². The summed E-state index contributed by atoms with van der Waals surface area (Å²) < 4.78 is 5.58. The van der Waals surface area contributed by atoms with Crippen LogP contribution in [0.25, 0.3) is 10.4 Å². The first kappa shape index (κ1) is 16.7. The number of nitrogens with two attached hydrogens (primary N) is 1. The van der Waals surface area contributed by atoms with Crippen molar-refractivity contribution in [3.05, 3.63) is 42.0 Å². The number of ether oxygens (including phenoxy) is 1. The molecule has 5 nitrogen and oxygen atoms in total. The van der Waals surface area contributed by atoms with Crippen LogP contribution in [0, 0.1) is 5.92 Å². The maximum absolute atomic E-state index is 12.6. The Morgan fingerprint density at radius 3 is 2.75 bits per heavy atom. The van der Waals surface area contributed by atoms with Gasteiger partial charge in [0.1, 0.15) is 5.00 Å². The molecular formula is C18H20N2O3S. The van der Waals surface area contributed by atoms with Crippen LogP contribution in [0.2, 0.25) is 0 Å². The van der Waals surface area contributed by atoms with Crippen molar-refractivity contribution in [2.75, 3.05) is 11.9 Å². The van der Waals surface area contributed by atoms with Crippen molar-refractivity contribution in [3.63, 3.8) is 0 Å². The average Bonchev–Trinajstić information content (AvgIpc) is 3.22. The van der Waals surface area contributed by atoms with Gasteiger partial charge in [-0.2, -0.15) is 0 Å². The second-order valence-corrected chi connectivity index (χ2v) is 6.84. The van der Waals surface area contributed by atoms with Crippen molar-refractivity contribution in [2.45, 2.75) is 25.9 Å². The van der Waals surface area contributed by atoms with Crippen molar-refractivity contribution in [3.8, 4) is 10.4 Å². The zero-order chi connectivity index (χ0) is 17.1. The summed E-state index contributed by atoms with van der Waals surface area (Å²) >= 11 is 1.36. The minimum absolute atomic E-state index is 0.0596. The Balaban J connectivity index is 1.86. The zero-order valence-electron chi connectivity index (χ0n) is 13.5. The Morgan fingerprint density at radius 1 is 1.33 bits per heavy atom. The van der Waals surface area contributed by atoms with Gasteiger partial charge in [0.2, 0.25) is 5.91 Å². The van der Waals surface area contributed by atoms with Crippen molar-refractivity contribution in [1.82, 2.24) is 0 Å². The van der Waals surface area contributed by atoms with Gasteiger partial charge in [-0.05, 0) is 24.5 Å². The van der Waals surface area contributed by atoms with Gasteiger partial charge in [-0.15, -0.1) is 11.3 Å². The van der Waals surface area contributed by atoms with Crippen LogP contribution >= 0.6 is 11.3 Å². The molecule has 1 aromatic heterocycles. The lowest BCUT2D eigenvalue weighted by molar-refractivity contribution is -0.121. The van der Waals surface area contributed by atoms with Crippen molar-refractivity contribution in [1.29, 1.82) is 0 Å². The highest BCUT2D eigenvalue weighted by Gasteiger charge is 2.33. The number of rotatable bonds is 5. The summed E-state index contributed by atoms with van der Waals surface area (Å²) in [5.41, 5.74) is 6.81. The Hall–Kier alpha value is -2.18. The van der Waals surface area contributed by atoms with E-state index in [0.717, 1.165) is 16.9 Å². The molecular weight excluding hydrogens is 324 g/mol. The standard InChI is InChI=1S/C18H20N2O3S/c1-2-14-12(8-9-23-14)17(22)20-18-13(16(19)21)10-15(24-18)11-6-4-3-5-7-11/h3-7,10,12,14H,2,8-9H2,1H3,(H2,19,21)(H,20,22)/t12-,14+/m1/s1. The molecule has 2 atom stereocenters. The van der Waals surface area contributed by atoms with Gasteiger partial charge in [-0.25, -0.2) is 0 Å². The van der Waals surface area contributed by atoms with Gasteiger partial charge in [0, 0.05) is 11.5 Å². The molecule has 1 fully saturated rings. The first-order valence-electron chi connectivity index (χ1n) is 8.01. The molecule has 1 aromatic carbocycles. The van der Waals surface area contributed by atoms with Gasteiger partial charge in [0.25, 0.3) is 5.91 Å². The summed E-state index contributed by atoms with van der Waals surface area (Å²) in [6.07, 6.45) is 1.43. The summed E-state index contributed by atoms with van der Waals surface area (Å²) in [5.74, 6) is -0.834. The van der Waals surface area contributed by atoms with Crippen LogP contribution in [0.5, 0.6) is 0 Å². The second-order valence-electron chi connectivity index (χ2n) is 5.79. The van der Waals surface area contributed by atoms with E-state index in [-0.39, 0.29) is 17.9 Å². The number of hydrogen-bond acceptors (Lipinski definition) is 4. The average molecular weight is 344 g/mol. The van der Waals surface area contributed by atoms with E-state index < -0.39 is 5.91 Å². The van der Waals surface area contributed by atoms with E-state index >= 15 is 0 Å². The smallest absolute Gasteiger partial charge is 0.251 e. The van der Waals surface area contributed by atoms with Gasteiger partial charge in [-0.1, -0.05) is 37.3 Å². The van der Waals surface area contributed by atoms with Gasteiger partial charge in [-0.3, -0.25) is 9.59 Å². The molecule has 1 aliphatic rings. The summed E-state index contributed by atoms with van der Waals surface area (Å²) in [6.45, 7) is 2.60. The van der Waals surface area contributed by atoms with E-state index in [1.807, 2.05) is 37.3 Å². The SMILES string of the molecule is CC[C@@H]1OCC[C@H]1C(=O)Nc1sc(-c2ccccc2)cc1C(N)=O. The fraction of sp³-hybridized carbons (Fsp3) is 0.333. The molecule has 1 aliphatic heterocycles. The summed E-state index contributed by atoms with van der Waals surface area (Å²) in [4.78, 5) is 25.2. The number of amides is 2. The lowest BCUT2D eigenvalue weighted by Gasteiger charge is -2.16. The molecule has 1 saturated heterocycles. The Labute approximate surface area is 144 Å². The minimum atomic E-state index is -0.543. The molecule has 0 unspecified atom stereocenters. The number of anilines is 1. The Bertz CT molecular complexity index is 742. The second kappa shape index (κ2) is 7.15. The largest absolute Gasteiger partial charge is 0.377 e. The van der Waals surface area contributed by atoms with E-state index in [9.17, 15) is 9.59 Å². The third-order valence-corrected chi connectivity index (χ3v) is 5.34. The van der Waals surface area contributed by atoms with Gasteiger partial charge in [0.15, 0.2) is 0 Å². The van der Waals surface area contributed by atoms with E-state index in [2.05, 4.69) is 5.32 Å². The molecule has 0 bridgehead atoms. The molecule has 6 heteroatoms. The monoisotopic (exact) mass is 344 g/mol. The molecule has 2 aromatic rings. The Kier molecular flexibility index (Phi) is 4.97. The molecule has 2 amide bonds. The summed E-state index contributed by atoms with van der Waals surface area (Å²) in [7, 11) is 0. The molecule has 0 spiro atoms. The normalized spacial score (nSPS) is 20.0. The molecule has 126 valence electrons. The maximum atomic E-state index is 12.6. The molecule has 3 rings (SSSR count). The first-order valence-corrected chi connectivity index (χ1v) is 8.83. The number of hydrogen-bond donors (Lipinski definition) is 2. The number of nitrogens with one attached hydrogen (secondary N) is 1. The van der Waals surface area contributed by atoms with Crippen molar-refractivity contribution < 1.29 is 14.3 Å². The molecule has 3 N–H and O–H groups in total. The molecule has 24 heavy (non-hydrogen) atoms. The number of carbonyl (C=O) groups is 2. The first-order chi connectivity index (χ1) is 11.6. The molecule has 2 heterocycles. The van der Waals surface area contributed by atoms with E-state index in [1.54, 1.807) is 6.07 Å². The van der Waals surface area contributed by atoms with Crippen LogP contribution in [-0.4, -0.2) is 24.5 Å². The predicted octanol–water partition coefficient (Wildman–Crippen LogP) is 3.27. The van der Waals surface area contributed by atoms with Crippen molar-refractivity contribution in [2.24, 2.45) is 11.7 Å². The number of benzene rings is 1. The highest BCUT2D eigenvalue weighted by atomic mass is 32.1. The fourth-order valence-electron chi connectivity index (χ4n) is 2.97. The van der Waals surface area contributed by atoms with E-state index in [1.165, 1.54) is 11.3 Å². The van der Waals surface area contributed by atoms with E-state index in [0.29, 0.717) is 23.6 Å². The van der Waals surface area contributed by atoms with Crippen LogP contribution < -0.4 is 11.1 Å². The quantitative estimate of drug-likeness (QED) is 0.873. The number of primary amides is 1. The lowest BCUT2D eigenvalue weighted by Crippen LogP contribution is -2.29. The topological polar surface area (TPSA) is 81.4 Å². The van der Waals surface area contributed by atoms with Crippen LogP contribution in [0.3, 0.4) is 0 Å². The Morgan fingerprint density at radius 2 is 2.08 bits per heavy atom. The van der Waals surface area contributed by atoms with Crippen LogP contribution in [0.15, 0.2) is 36.4 Å². The molecule has 0 saturated carbocycles. The number of carbonyl (C=O) groups excluding carboxylic acids is 2. The van der Waals surface area contributed by atoms with Crippen LogP contribution in [-0.2, 0) is 9.53 Å². The highest BCUT2D eigenvalue weighted by molar-refractivity contribution is 7.20. The van der Waals surface area contributed by atoms with Gasteiger partial charge in [0.05, 0.1) is 17.6 Å². The third kappa shape index (κ3) is 3.34. The molecule has 0 aliphatic carbocycles. The fourth-order valence-corrected chi connectivity index (χ4v) is 4.04.